The van der Waals surface area contributed by atoms with Gasteiger partial charge in [-0.15, -0.1) is 0 Å². The molecule has 0 spiro atoms. The van der Waals surface area contributed by atoms with Crippen LogP contribution in [0.1, 0.15) is 17.2 Å². The smallest absolute Gasteiger partial charge is 0.144 e. The number of hydrogen-bond donors (Lipinski definition) is 3. The molecule has 1 rings (SSSR count). The Morgan fingerprint density at radius 1 is 1.35 bits per heavy atom. The highest BCUT2D eigenvalue weighted by Crippen LogP contribution is 2.22. The number of rotatable bonds is 4. The van der Waals surface area contributed by atoms with E-state index in [2.05, 4.69) is 5.32 Å². The number of likely N-dealkylation sites (N-methyl/N-ethyl adjacent to an activating group) is 1. The Hall–Kier alpha value is -1.55. The van der Waals surface area contributed by atoms with Crippen LogP contribution in [-0.4, -0.2) is 29.9 Å². The minimum Gasteiger partial charge on any atom is -0.389 e. The molecule has 1 aromatic rings. The van der Waals surface area contributed by atoms with Gasteiger partial charge in [0.25, 0.3) is 0 Å². The summed E-state index contributed by atoms with van der Waals surface area (Å²) < 4.78 is 26.5. The van der Waals surface area contributed by atoms with Gasteiger partial charge in [0.15, 0.2) is 0 Å². The molecule has 6 heteroatoms. The molecule has 0 fully saturated rings. The van der Waals surface area contributed by atoms with E-state index < -0.39 is 29.4 Å². The molecular formula is C11H12F2N2O2. The SMILES string of the molecule is CNCC(O)C(O)c1cc(F)c(C#N)c(F)c1. The van der Waals surface area contributed by atoms with Crippen LogP contribution in [0.15, 0.2) is 12.1 Å². The summed E-state index contributed by atoms with van der Waals surface area (Å²) in [5.41, 5.74) is -0.814. The summed E-state index contributed by atoms with van der Waals surface area (Å²) in [7, 11) is 1.57. The second kappa shape index (κ2) is 5.68. The largest absolute Gasteiger partial charge is 0.389 e. The maximum Gasteiger partial charge on any atom is 0.144 e. The fourth-order valence-corrected chi connectivity index (χ4v) is 1.41. The molecule has 0 aliphatic carbocycles. The summed E-state index contributed by atoms with van der Waals surface area (Å²) in [5.74, 6) is -2.11. The topological polar surface area (TPSA) is 76.3 Å². The van der Waals surface area contributed by atoms with E-state index >= 15 is 0 Å². The van der Waals surface area contributed by atoms with Crippen LogP contribution in [0.3, 0.4) is 0 Å². The van der Waals surface area contributed by atoms with Gasteiger partial charge in [-0.05, 0) is 24.7 Å². The lowest BCUT2D eigenvalue weighted by Crippen LogP contribution is -2.29. The van der Waals surface area contributed by atoms with Crippen LogP contribution in [0.2, 0.25) is 0 Å². The maximum absolute atomic E-state index is 13.3. The first-order chi connectivity index (χ1) is 8.01. The predicted octanol–water partition coefficient (Wildman–Crippen LogP) is 0.450. The van der Waals surface area contributed by atoms with Crippen molar-refractivity contribution in [2.45, 2.75) is 12.2 Å². The monoisotopic (exact) mass is 242 g/mol. The molecule has 0 radical (unpaired) electrons. The van der Waals surface area contributed by atoms with Crippen LogP contribution >= 0.6 is 0 Å². The Morgan fingerprint density at radius 3 is 2.29 bits per heavy atom. The van der Waals surface area contributed by atoms with Crippen molar-refractivity contribution in [3.63, 3.8) is 0 Å². The van der Waals surface area contributed by atoms with Gasteiger partial charge in [-0.25, -0.2) is 8.78 Å². The molecule has 3 N–H and O–H groups in total. The number of halogens is 2. The van der Waals surface area contributed by atoms with Crippen molar-refractivity contribution in [1.29, 1.82) is 5.26 Å². The van der Waals surface area contributed by atoms with E-state index in [-0.39, 0.29) is 12.1 Å². The molecule has 92 valence electrons. The van der Waals surface area contributed by atoms with Gasteiger partial charge in [-0.3, -0.25) is 0 Å². The van der Waals surface area contributed by atoms with Gasteiger partial charge in [-0.2, -0.15) is 5.26 Å². The zero-order chi connectivity index (χ0) is 13.0. The first-order valence-corrected chi connectivity index (χ1v) is 4.91. The Bertz CT molecular complexity index is 423. The molecule has 1 aromatic carbocycles. The molecule has 0 aliphatic rings. The molecule has 2 unspecified atom stereocenters. The lowest BCUT2D eigenvalue weighted by Gasteiger charge is -2.18. The zero-order valence-electron chi connectivity index (χ0n) is 9.11. The van der Waals surface area contributed by atoms with Crippen LogP contribution in [0.4, 0.5) is 8.78 Å². The summed E-state index contributed by atoms with van der Waals surface area (Å²) in [4.78, 5) is 0. The summed E-state index contributed by atoms with van der Waals surface area (Å²) in [6.07, 6.45) is -2.61. The van der Waals surface area contributed by atoms with E-state index in [1.807, 2.05) is 0 Å². The number of aliphatic hydroxyl groups excluding tert-OH is 2. The van der Waals surface area contributed by atoms with Gasteiger partial charge < -0.3 is 15.5 Å². The lowest BCUT2D eigenvalue weighted by atomic mass is 10.0. The lowest BCUT2D eigenvalue weighted by molar-refractivity contribution is 0.0199. The van der Waals surface area contributed by atoms with Crippen molar-refractivity contribution in [2.24, 2.45) is 0 Å². The molecule has 0 aliphatic heterocycles. The molecule has 0 amide bonds. The average Bonchev–Trinajstić information content (AvgIpc) is 2.27. The van der Waals surface area contributed by atoms with Crippen molar-refractivity contribution in [2.75, 3.05) is 13.6 Å². The van der Waals surface area contributed by atoms with Gasteiger partial charge >= 0.3 is 0 Å². The molecule has 4 nitrogen and oxygen atoms in total. The highest BCUT2D eigenvalue weighted by Gasteiger charge is 2.21. The van der Waals surface area contributed by atoms with Crippen LogP contribution in [-0.2, 0) is 0 Å². The van der Waals surface area contributed by atoms with Crippen molar-refractivity contribution >= 4 is 0 Å². The van der Waals surface area contributed by atoms with Crippen LogP contribution in [0.25, 0.3) is 0 Å². The fraction of sp³-hybridized carbons (Fsp3) is 0.364. The van der Waals surface area contributed by atoms with Crippen molar-refractivity contribution in [1.82, 2.24) is 5.32 Å². The molecule has 0 aromatic heterocycles. The van der Waals surface area contributed by atoms with Gasteiger partial charge in [0.05, 0.1) is 6.10 Å². The van der Waals surface area contributed by atoms with E-state index in [0.717, 1.165) is 12.1 Å². The minimum atomic E-state index is -1.42. The summed E-state index contributed by atoms with van der Waals surface area (Å²) >= 11 is 0. The van der Waals surface area contributed by atoms with Crippen molar-refractivity contribution in [3.05, 3.63) is 34.9 Å². The number of nitrogens with one attached hydrogen (secondary N) is 1. The van der Waals surface area contributed by atoms with E-state index in [1.54, 1.807) is 7.05 Å². The summed E-state index contributed by atoms with van der Waals surface area (Å²) in [6.45, 7) is 0.0738. The molecule has 0 bridgehead atoms. The third-order valence-corrected chi connectivity index (χ3v) is 2.30. The molecule has 0 saturated heterocycles. The highest BCUT2D eigenvalue weighted by molar-refractivity contribution is 5.36. The quantitative estimate of drug-likeness (QED) is 0.716. The van der Waals surface area contributed by atoms with Gasteiger partial charge in [0.2, 0.25) is 0 Å². The Balaban J connectivity index is 3.05. The Labute approximate surface area is 97.1 Å². The molecule has 0 saturated carbocycles. The fourth-order valence-electron chi connectivity index (χ4n) is 1.41. The van der Waals surface area contributed by atoms with Crippen LogP contribution in [0, 0.1) is 23.0 Å². The Morgan fingerprint density at radius 2 is 1.88 bits per heavy atom. The average molecular weight is 242 g/mol. The minimum absolute atomic E-state index is 0.0738. The first kappa shape index (κ1) is 13.5. The highest BCUT2D eigenvalue weighted by atomic mass is 19.1. The van der Waals surface area contributed by atoms with E-state index in [4.69, 9.17) is 5.26 Å². The van der Waals surface area contributed by atoms with Gasteiger partial charge in [0, 0.05) is 6.54 Å². The number of aliphatic hydroxyl groups is 2. The maximum atomic E-state index is 13.3. The third kappa shape index (κ3) is 2.97. The number of benzene rings is 1. The second-order valence-corrected chi connectivity index (χ2v) is 3.54. The normalized spacial score (nSPS) is 14.1. The van der Waals surface area contributed by atoms with Gasteiger partial charge in [0.1, 0.15) is 29.4 Å². The molecule has 0 heterocycles. The number of nitrogens with zero attached hydrogens (tertiary/aromatic N) is 1. The van der Waals surface area contributed by atoms with E-state index in [1.165, 1.54) is 6.07 Å². The number of hydrogen-bond acceptors (Lipinski definition) is 4. The third-order valence-electron chi connectivity index (χ3n) is 2.30. The second-order valence-electron chi connectivity index (χ2n) is 3.54. The van der Waals surface area contributed by atoms with E-state index in [0.29, 0.717) is 0 Å². The predicted molar refractivity (Wildman–Crippen MR) is 56.0 cm³/mol. The summed E-state index contributed by atoms with van der Waals surface area (Å²) in [6, 6.07) is 3.05. The van der Waals surface area contributed by atoms with Crippen molar-refractivity contribution in [3.8, 4) is 6.07 Å². The molecule has 2 atom stereocenters. The summed E-state index contributed by atoms with van der Waals surface area (Å²) in [5, 5.41) is 30.2. The zero-order valence-corrected chi connectivity index (χ0v) is 9.11. The molecular weight excluding hydrogens is 230 g/mol. The first-order valence-electron chi connectivity index (χ1n) is 4.91. The number of nitriles is 1. The van der Waals surface area contributed by atoms with Crippen LogP contribution < -0.4 is 5.32 Å². The molecule has 17 heavy (non-hydrogen) atoms. The van der Waals surface area contributed by atoms with Gasteiger partial charge in [-0.1, -0.05) is 0 Å². The standard InChI is InChI=1S/C11H12F2N2O2/c1-15-5-10(16)11(17)6-2-8(12)7(4-14)9(13)3-6/h2-3,10-11,15-17H,5H2,1H3. The van der Waals surface area contributed by atoms with Crippen molar-refractivity contribution < 1.29 is 19.0 Å². The van der Waals surface area contributed by atoms with Crippen LogP contribution in [0.5, 0.6) is 0 Å². The Kier molecular flexibility index (Phi) is 4.52. The van der Waals surface area contributed by atoms with E-state index in [9.17, 15) is 19.0 Å².